The lowest BCUT2D eigenvalue weighted by atomic mass is 10.2. The zero-order valence-corrected chi connectivity index (χ0v) is 19.7. The maximum absolute atomic E-state index is 12.6. The van der Waals surface area contributed by atoms with Gasteiger partial charge in [-0.15, -0.1) is 0 Å². The van der Waals surface area contributed by atoms with Crippen molar-refractivity contribution in [2.24, 2.45) is 0 Å². The van der Waals surface area contributed by atoms with Crippen molar-refractivity contribution in [1.82, 2.24) is 14.7 Å². The molecule has 0 spiro atoms. The minimum absolute atomic E-state index is 0.0734. The third-order valence-electron chi connectivity index (χ3n) is 6.57. The van der Waals surface area contributed by atoms with Gasteiger partial charge in [-0.1, -0.05) is 30.3 Å². The number of carbonyl (C=O) groups excluding carboxylic acids is 2. The molecule has 176 valence electrons. The highest BCUT2D eigenvalue weighted by Crippen LogP contribution is 2.21. The predicted octanol–water partition coefficient (Wildman–Crippen LogP) is 2.50. The minimum Gasteiger partial charge on any atom is -0.369 e. The van der Waals surface area contributed by atoms with Crippen molar-refractivity contribution in [2.75, 3.05) is 63.6 Å². The van der Waals surface area contributed by atoms with Gasteiger partial charge in [-0.3, -0.25) is 19.4 Å². The number of anilines is 2. The van der Waals surface area contributed by atoms with E-state index in [0.717, 1.165) is 57.8 Å². The van der Waals surface area contributed by atoms with Crippen molar-refractivity contribution < 1.29 is 9.59 Å². The standard InChI is InChI=1S/C26H35N5O2/c1-28(2)26(33)24-9-6-14-31(24)20-25(32)27-22-10-12-23(13-11-22)30-17-15-29(16-18-30)19-21-7-4-3-5-8-21/h3-5,7-8,10-13,24H,6,9,14-20H2,1-2H3,(H,27,32). The van der Waals surface area contributed by atoms with Crippen LogP contribution in [-0.2, 0) is 16.1 Å². The molecule has 1 unspecified atom stereocenters. The summed E-state index contributed by atoms with van der Waals surface area (Å²) in [4.78, 5) is 33.4. The van der Waals surface area contributed by atoms with E-state index in [-0.39, 0.29) is 24.4 Å². The average molecular weight is 450 g/mol. The van der Waals surface area contributed by atoms with Gasteiger partial charge in [0.25, 0.3) is 0 Å². The van der Waals surface area contributed by atoms with Gasteiger partial charge in [-0.25, -0.2) is 0 Å². The second-order valence-corrected chi connectivity index (χ2v) is 9.21. The van der Waals surface area contributed by atoms with Crippen molar-refractivity contribution in [3.63, 3.8) is 0 Å². The molecular weight excluding hydrogens is 414 g/mol. The van der Waals surface area contributed by atoms with E-state index in [1.807, 2.05) is 17.0 Å². The van der Waals surface area contributed by atoms with Crippen LogP contribution in [0.1, 0.15) is 18.4 Å². The molecule has 0 bridgehead atoms. The van der Waals surface area contributed by atoms with Crippen molar-refractivity contribution in [3.05, 3.63) is 60.2 Å². The molecule has 0 aliphatic carbocycles. The molecule has 2 fully saturated rings. The van der Waals surface area contributed by atoms with Crippen molar-refractivity contribution in [1.29, 1.82) is 0 Å². The summed E-state index contributed by atoms with van der Waals surface area (Å²) in [5.41, 5.74) is 3.34. The van der Waals surface area contributed by atoms with Crippen LogP contribution in [0.4, 0.5) is 11.4 Å². The summed E-state index contributed by atoms with van der Waals surface area (Å²) in [6.45, 7) is 6.09. The van der Waals surface area contributed by atoms with E-state index in [1.165, 1.54) is 11.3 Å². The summed E-state index contributed by atoms with van der Waals surface area (Å²) in [6, 6.07) is 18.5. The largest absolute Gasteiger partial charge is 0.369 e. The van der Waals surface area contributed by atoms with Gasteiger partial charge >= 0.3 is 0 Å². The molecule has 2 heterocycles. The Kier molecular flexibility index (Phi) is 7.62. The van der Waals surface area contributed by atoms with E-state index in [9.17, 15) is 9.59 Å². The number of hydrogen-bond acceptors (Lipinski definition) is 5. The molecule has 7 nitrogen and oxygen atoms in total. The lowest BCUT2D eigenvalue weighted by Gasteiger charge is -2.36. The number of piperazine rings is 1. The quantitative estimate of drug-likeness (QED) is 0.704. The predicted molar refractivity (Wildman–Crippen MR) is 132 cm³/mol. The van der Waals surface area contributed by atoms with Gasteiger partial charge in [0.05, 0.1) is 12.6 Å². The molecule has 2 aliphatic rings. The molecule has 33 heavy (non-hydrogen) atoms. The van der Waals surface area contributed by atoms with Gasteiger partial charge in [-0.2, -0.15) is 0 Å². The SMILES string of the molecule is CN(C)C(=O)C1CCCN1CC(=O)Nc1ccc(N2CCN(Cc3ccccc3)CC2)cc1. The Morgan fingerprint density at radius 2 is 1.64 bits per heavy atom. The summed E-state index contributed by atoms with van der Waals surface area (Å²) < 4.78 is 0. The molecule has 0 radical (unpaired) electrons. The number of likely N-dealkylation sites (N-methyl/N-ethyl adjacent to an activating group) is 1. The van der Waals surface area contributed by atoms with Crippen LogP contribution in [0.15, 0.2) is 54.6 Å². The Balaban J connectivity index is 1.25. The first-order valence-electron chi connectivity index (χ1n) is 11.9. The first kappa shape index (κ1) is 23.3. The maximum Gasteiger partial charge on any atom is 0.239 e. The van der Waals surface area contributed by atoms with Crippen molar-refractivity contribution >= 4 is 23.2 Å². The van der Waals surface area contributed by atoms with Gasteiger partial charge in [0.2, 0.25) is 11.8 Å². The number of amides is 2. The Labute approximate surface area is 196 Å². The second-order valence-electron chi connectivity index (χ2n) is 9.21. The molecule has 0 aromatic heterocycles. The fourth-order valence-corrected chi connectivity index (χ4v) is 4.74. The third-order valence-corrected chi connectivity index (χ3v) is 6.57. The molecule has 2 amide bonds. The zero-order chi connectivity index (χ0) is 23.2. The summed E-state index contributed by atoms with van der Waals surface area (Å²) in [6.07, 6.45) is 1.77. The van der Waals surface area contributed by atoms with Crippen LogP contribution in [-0.4, -0.2) is 85.9 Å². The molecule has 4 rings (SSSR count). The molecule has 1 N–H and O–H groups in total. The lowest BCUT2D eigenvalue weighted by Crippen LogP contribution is -2.46. The van der Waals surface area contributed by atoms with E-state index >= 15 is 0 Å². The van der Waals surface area contributed by atoms with Crippen LogP contribution in [0.2, 0.25) is 0 Å². The summed E-state index contributed by atoms with van der Waals surface area (Å²) in [5, 5.41) is 2.99. The molecule has 7 heteroatoms. The van der Waals surface area contributed by atoms with Crippen LogP contribution in [0.25, 0.3) is 0 Å². The Morgan fingerprint density at radius 1 is 0.939 bits per heavy atom. The number of hydrogen-bond donors (Lipinski definition) is 1. The molecule has 0 saturated carbocycles. The van der Waals surface area contributed by atoms with Gasteiger partial charge < -0.3 is 15.1 Å². The molecule has 2 aromatic carbocycles. The van der Waals surface area contributed by atoms with E-state index in [1.54, 1.807) is 19.0 Å². The number of carbonyl (C=O) groups is 2. The van der Waals surface area contributed by atoms with Crippen LogP contribution >= 0.6 is 0 Å². The Hall–Kier alpha value is -2.90. The highest BCUT2D eigenvalue weighted by molar-refractivity contribution is 5.93. The average Bonchev–Trinajstić information content (AvgIpc) is 3.28. The van der Waals surface area contributed by atoms with Gasteiger partial charge in [-0.05, 0) is 49.2 Å². The fraction of sp³-hybridized carbons (Fsp3) is 0.462. The molecule has 2 saturated heterocycles. The highest BCUT2D eigenvalue weighted by atomic mass is 16.2. The summed E-state index contributed by atoms with van der Waals surface area (Å²) in [5.74, 6) is 0.00394. The highest BCUT2D eigenvalue weighted by Gasteiger charge is 2.32. The van der Waals surface area contributed by atoms with Crippen LogP contribution in [0.5, 0.6) is 0 Å². The number of nitrogens with one attached hydrogen (secondary N) is 1. The van der Waals surface area contributed by atoms with Crippen molar-refractivity contribution in [2.45, 2.75) is 25.4 Å². The normalized spacial score (nSPS) is 19.5. The summed E-state index contributed by atoms with van der Waals surface area (Å²) >= 11 is 0. The molecule has 2 aliphatic heterocycles. The molecular formula is C26H35N5O2. The second kappa shape index (κ2) is 10.8. The first-order chi connectivity index (χ1) is 16.0. The van der Waals surface area contributed by atoms with E-state index < -0.39 is 0 Å². The van der Waals surface area contributed by atoms with E-state index in [2.05, 4.69) is 57.6 Å². The van der Waals surface area contributed by atoms with Crippen LogP contribution in [0, 0.1) is 0 Å². The minimum atomic E-state index is -0.186. The van der Waals surface area contributed by atoms with E-state index in [4.69, 9.17) is 0 Å². The first-order valence-corrected chi connectivity index (χ1v) is 11.9. The smallest absolute Gasteiger partial charge is 0.239 e. The molecule has 1 atom stereocenters. The Morgan fingerprint density at radius 3 is 2.30 bits per heavy atom. The topological polar surface area (TPSA) is 59.1 Å². The van der Waals surface area contributed by atoms with Gasteiger partial charge in [0, 0.05) is 58.2 Å². The number of likely N-dealkylation sites (tertiary alicyclic amines) is 1. The van der Waals surface area contributed by atoms with Gasteiger partial charge in [0.15, 0.2) is 0 Å². The number of rotatable bonds is 7. The van der Waals surface area contributed by atoms with E-state index in [0.29, 0.717) is 0 Å². The Bertz CT molecular complexity index is 923. The number of benzene rings is 2. The van der Waals surface area contributed by atoms with Gasteiger partial charge in [0.1, 0.15) is 0 Å². The van der Waals surface area contributed by atoms with Crippen molar-refractivity contribution in [3.8, 4) is 0 Å². The third kappa shape index (κ3) is 6.12. The monoisotopic (exact) mass is 449 g/mol. The van der Waals surface area contributed by atoms with Crippen LogP contribution < -0.4 is 10.2 Å². The molecule has 2 aromatic rings. The maximum atomic E-state index is 12.6. The zero-order valence-electron chi connectivity index (χ0n) is 19.7. The lowest BCUT2D eigenvalue weighted by molar-refractivity contribution is -0.133. The summed E-state index contributed by atoms with van der Waals surface area (Å²) in [7, 11) is 3.53. The van der Waals surface area contributed by atoms with Crippen LogP contribution in [0.3, 0.4) is 0 Å². The number of nitrogens with zero attached hydrogens (tertiary/aromatic N) is 4. The fourth-order valence-electron chi connectivity index (χ4n) is 4.74.